The maximum atomic E-state index is 13.9. The van der Waals surface area contributed by atoms with Gasteiger partial charge in [0.2, 0.25) is 0 Å². The third-order valence-electron chi connectivity index (χ3n) is 7.48. The number of hydrogen-bond acceptors (Lipinski definition) is 3. The maximum Gasteiger partial charge on any atom is 0.332 e. The zero-order valence-electron chi connectivity index (χ0n) is 20.1. The molecule has 0 unspecified atom stereocenters. The second kappa shape index (κ2) is 8.09. The maximum absolute atomic E-state index is 13.9. The Morgan fingerprint density at radius 3 is 2.56 bits per heavy atom. The van der Waals surface area contributed by atoms with Crippen LogP contribution in [0.3, 0.4) is 0 Å². The summed E-state index contributed by atoms with van der Waals surface area (Å²) >= 11 is 0. The fourth-order valence-corrected chi connectivity index (χ4v) is 5.51. The van der Waals surface area contributed by atoms with Crippen LogP contribution in [0.25, 0.3) is 10.9 Å². The highest BCUT2D eigenvalue weighted by Gasteiger charge is 2.59. The second-order valence-corrected chi connectivity index (χ2v) is 9.58. The molecule has 1 aromatic heterocycles. The molecule has 0 aliphatic carbocycles. The quantitative estimate of drug-likeness (QED) is 0.409. The van der Waals surface area contributed by atoms with Crippen molar-refractivity contribution in [1.82, 2.24) is 15.2 Å². The van der Waals surface area contributed by atoms with Crippen LogP contribution in [0, 0.1) is 0 Å². The van der Waals surface area contributed by atoms with Crippen molar-refractivity contribution in [2.75, 3.05) is 11.4 Å². The Balaban J connectivity index is 1.33. The molecule has 3 heterocycles. The third kappa shape index (κ3) is 3.16. The number of urea groups is 1. The number of benzene rings is 3. The standard InChI is InChI=1S/C29H26N4O3/c1-18(19-9-4-3-5-10-19)30-26(34)20-11-8-12-21(17-20)33-27(35)29(2)25-23(15-16-32(29)28(33)36)22-13-6-7-14-24(22)31-25/h3-14,17-18,31H,15-16H2,1-2H3,(H,30,34)/t18-,29-/m0/s1. The van der Waals surface area contributed by atoms with E-state index in [1.807, 2.05) is 61.5 Å². The van der Waals surface area contributed by atoms with Crippen LogP contribution >= 0.6 is 0 Å². The number of nitrogens with zero attached hydrogens (tertiary/aromatic N) is 2. The van der Waals surface area contributed by atoms with Gasteiger partial charge in [0.1, 0.15) is 0 Å². The summed E-state index contributed by atoms with van der Waals surface area (Å²) in [5, 5.41) is 4.08. The van der Waals surface area contributed by atoms with Crippen molar-refractivity contribution >= 4 is 34.4 Å². The molecule has 3 aromatic carbocycles. The van der Waals surface area contributed by atoms with Gasteiger partial charge in [0, 0.05) is 23.0 Å². The molecule has 2 aliphatic rings. The highest BCUT2D eigenvalue weighted by Crippen LogP contribution is 2.45. The Bertz CT molecular complexity index is 1530. The lowest BCUT2D eigenvalue weighted by atomic mass is 9.87. The molecule has 36 heavy (non-hydrogen) atoms. The van der Waals surface area contributed by atoms with E-state index in [-0.39, 0.29) is 23.9 Å². The first-order valence-electron chi connectivity index (χ1n) is 12.1. The Kier molecular flexibility index (Phi) is 4.96. The minimum atomic E-state index is -1.14. The number of anilines is 1. The minimum absolute atomic E-state index is 0.189. The smallest absolute Gasteiger partial charge is 0.332 e. The van der Waals surface area contributed by atoms with Gasteiger partial charge in [0.15, 0.2) is 5.54 Å². The molecule has 1 saturated heterocycles. The van der Waals surface area contributed by atoms with Crippen LogP contribution in [0.5, 0.6) is 0 Å². The number of hydrogen-bond donors (Lipinski definition) is 2. The van der Waals surface area contributed by atoms with E-state index >= 15 is 0 Å². The molecule has 4 aromatic rings. The van der Waals surface area contributed by atoms with E-state index in [0.29, 0.717) is 24.2 Å². The van der Waals surface area contributed by atoms with Crippen LogP contribution in [-0.4, -0.2) is 34.3 Å². The first-order chi connectivity index (χ1) is 17.4. The first-order valence-corrected chi connectivity index (χ1v) is 12.1. The number of aromatic amines is 1. The molecule has 2 aliphatic heterocycles. The largest absolute Gasteiger partial charge is 0.356 e. The van der Waals surface area contributed by atoms with E-state index < -0.39 is 5.54 Å². The SMILES string of the molecule is C[C@H](NC(=O)c1cccc(N2C(=O)N3CCc4c([nH]c5ccccc45)[C@@]3(C)C2=O)c1)c1ccccc1. The lowest BCUT2D eigenvalue weighted by Gasteiger charge is -2.35. The number of rotatable bonds is 4. The van der Waals surface area contributed by atoms with Crippen molar-refractivity contribution in [3.8, 4) is 0 Å². The number of aromatic nitrogens is 1. The van der Waals surface area contributed by atoms with Crippen molar-refractivity contribution in [3.05, 3.63) is 101 Å². The molecule has 0 spiro atoms. The Hall–Kier alpha value is -4.39. The Labute approximate surface area is 208 Å². The fourth-order valence-electron chi connectivity index (χ4n) is 5.51. The fraction of sp³-hybridized carbons (Fsp3) is 0.207. The van der Waals surface area contributed by atoms with E-state index in [9.17, 15) is 14.4 Å². The van der Waals surface area contributed by atoms with E-state index in [0.717, 1.165) is 27.7 Å². The molecule has 2 atom stereocenters. The van der Waals surface area contributed by atoms with E-state index in [1.54, 1.807) is 36.1 Å². The van der Waals surface area contributed by atoms with Crippen molar-refractivity contribution in [1.29, 1.82) is 0 Å². The van der Waals surface area contributed by atoms with Crippen molar-refractivity contribution in [2.45, 2.75) is 31.8 Å². The summed E-state index contributed by atoms with van der Waals surface area (Å²) in [7, 11) is 0. The van der Waals surface area contributed by atoms with Crippen molar-refractivity contribution < 1.29 is 14.4 Å². The van der Waals surface area contributed by atoms with E-state index in [2.05, 4.69) is 10.3 Å². The second-order valence-electron chi connectivity index (χ2n) is 9.58. The summed E-state index contributed by atoms with van der Waals surface area (Å²) in [6.07, 6.45) is 0.668. The van der Waals surface area contributed by atoms with Gasteiger partial charge in [-0.1, -0.05) is 54.6 Å². The van der Waals surface area contributed by atoms with Crippen LogP contribution < -0.4 is 10.2 Å². The summed E-state index contributed by atoms with van der Waals surface area (Å²) in [6, 6.07) is 23.8. The minimum Gasteiger partial charge on any atom is -0.356 e. The third-order valence-corrected chi connectivity index (χ3v) is 7.48. The van der Waals surface area contributed by atoms with Gasteiger partial charge in [-0.2, -0.15) is 0 Å². The van der Waals surface area contributed by atoms with Gasteiger partial charge in [-0.3, -0.25) is 9.59 Å². The number of carbonyl (C=O) groups excluding carboxylic acids is 3. The number of nitrogens with one attached hydrogen (secondary N) is 2. The highest BCUT2D eigenvalue weighted by atomic mass is 16.2. The van der Waals surface area contributed by atoms with Crippen LogP contribution in [0.4, 0.5) is 10.5 Å². The lowest BCUT2D eigenvalue weighted by molar-refractivity contribution is -0.125. The van der Waals surface area contributed by atoms with E-state index in [1.165, 1.54) is 4.90 Å². The molecule has 4 amide bonds. The summed E-state index contributed by atoms with van der Waals surface area (Å²) in [4.78, 5) is 46.7. The molecule has 0 saturated carbocycles. The molecular formula is C29H26N4O3. The molecule has 0 radical (unpaired) electrons. The summed E-state index contributed by atoms with van der Waals surface area (Å²) in [5.41, 5.74) is 3.43. The number of fused-ring (bicyclic) bond motifs is 5. The van der Waals surface area contributed by atoms with Crippen molar-refractivity contribution in [2.24, 2.45) is 0 Å². The van der Waals surface area contributed by atoms with Gasteiger partial charge >= 0.3 is 6.03 Å². The average molecular weight is 479 g/mol. The molecular weight excluding hydrogens is 452 g/mol. The average Bonchev–Trinajstić information content (AvgIpc) is 3.38. The van der Waals surface area contributed by atoms with Gasteiger partial charge in [0.05, 0.1) is 17.4 Å². The van der Waals surface area contributed by atoms with E-state index in [4.69, 9.17) is 0 Å². The zero-order valence-corrected chi connectivity index (χ0v) is 20.1. The van der Waals surface area contributed by atoms with Gasteiger partial charge in [-0.25, -0.2) is 9.69 Å². The highest BCUT2D eigenvalue weighted by molar-refractivity contribution is 6.24. The topological polar surface area (TPSA) is 85.5 Å². The monoisotopic (exact) mass is 478 g/mol. The number of amides is 4. The molecule has 180 valence electrons. The molecule has 7 nitrogen and oxygen atoms in total. The summed E-state index contributed by atoms with van der Waals surface area (Å²) < 4.78 is 0. The molecule has 1 fully saturated rings. The zero-order chi connectivity index (χ0) is 25.0. The molecule has 0 bridgehead atoms. The lowest BCUT2D eigenvalue weighted by Crippen LogP contribution is -2.49. The van der Waals surface area contributed by atoms with Crippen molar-refractivity contribution in [3.63, 3.8) is 0 Å². The van der Waals surface area contributed by atoms with Gasteiger partial charge in [-0.05, 0) is 55.7 Å². The predicted octanol–water partition coefficient (Wildman–Crippen LogP) is 4.90. The summed E-state index contributed by atoms with van der Waals surface area (Å²) in [6.45, 7) is 4.17. The van der Waals surface area contributed by atoms with Crippen LogP contribution in [0.2, 0.25) is 0 Å². The Morgan fingerprint density at radius 1 is 1.00 bits per heavy atom. The number of H-pyrrole nitrogens is 1. The number of carbonyl (C=O) groups is 3. The van der Waals surface area contributed by atoms with Crippen LogP contribution in [0.15, 0.2) is 78.9 Å². The summed E-state index contributed by atoms with van der Waals surface area (Å²) in [5.74, 6) is -0.593. The molecule has 6 rings (SSSR count). The number of imide groups is 1. The van der Waals surface area contributed by atoms with Crippen LogP contribution in [0.1, 0.15) is 47.1 Å². The Morgan fingerprint density at radius 2 is 1.75 bits per heavy atom. The predicted molar refractivity (Wildman–Crippen MR) is 138 cm³/mol. The van der Waals surface area contributed by atoms with Gasteiger partial charge in [0.25, 0.3) is 11.8 Å². The van der Waals surface area contributed by atoms with Crippen LogP contribution in [-0.2, 0) is 16.8 Å². The molecule has 7 heteroatoms. The number of para-hydroxylation sites is 1. The molecule has 2 N–H and O–H groups in total. The van der Waals surface area contributed by atoms with Gasteiger partial charge < -0.3 is 15.2 Å². The normalized spacial score (nSPS) is 19.8. The van der Waals surface area contributed by atoms with Gasteiger partial charge in [-0.15, -0.1) is 0 Å². The first kappa shape index (κ1) is 22.1.